The van der Waals surface area contributed by atoms with Crippen LogP contribution in [-0.2, 0) is 6.54 Å². The van der Waals surface area contributed by atoms with Gasteiger partial charge in [0.2, 0.25) is 0 Å². The van der Waals surface area contributed by atoms with Crippen molar-refractivity contribution in [3.8, 4) is 5.75 Å². The van der Waals surface area contributed by atoms with E-state index in [1.807, 2.05) is 24.1 Å². The van der Waals surface area contributed by atoms with Crippen molar-refractivity contribution in [1.82, 2.24) is 9.88 Å². The monoisotopic (exact) mass is 260 g/mol. The number of phenolic OH excluding ortho intramolecular Hbond substituents is 1. The summed E-state index contributed by atoms with van der Waals surface area (Å²) in [5, 5.41) is 9.73. The van der Waals surface area contributed by atoms with Gasteiger partial charge in [-0.05, 0) is 49.9 Å². The normalized spacial score (nSPS) is 12.6. The average Bonchev–Trinajstić information content (AvgIpc) is 2.43. The standard InChI is InChI=1S/C15H17FN2O/c1-11(12-5-7-17-8-6-12)18(2)10-13-9-14(16)3-4-15(13)19/h3-9,11,19H,10H2,1-2H3/t11-/m0/s1. The number of halogens is 1. The third-order valence-corrected chi connectivity index (χ3v) is 3.31. The molecule has 0 saturated heterocycles. The lowest BCUT2D eigenvalue weighted by molar-refractivity contribution is 0.249. The van der Waals surface area contributed by atoms with Crippen molar-refractivity contribution in [2.75, 3.05) is 7.05 Å². The molecule has 0 radical (unpaired) electrons. The van der Waals surface area contributed by atoms with E-state index in [0.717, 1.165) is 5.56 Å². The van der Waals surface area contributed by atoms with E-state index in [-0.39, 0.29) is 17.6 Å². The van der Waals surface area contributed by atoms with Crippen molar-refractivity contribution in [2.45, 2.75) is 19.5 Å². The highest BCUT2D eigenvalue weighted by Crippen LogP contribution is 2.24. The van der Waals surface area contributed by atoms with E-state index in [1.165, 1.54) is 18.2 Å². The number of aromatic hydroxyl groups is 1. The maximum atomic E-state index is 13.2. The van der Waals surface area contributed by atoms with Gasteiger partial charge in [-0.2, -0.15) is 0 Å². The molecule has 1 aromatic carbocycles. The van der Waals surface area contributed by atoms with Crippen LogP contribution in [0, 0.1) is 5.82 Å². The average molecular weight is 260 g/mol. The molecule has 1 N–H and O–H groups in total. The van der Waals surface area contributed by atoms with Gasteiger partial charge in [0, 0.05) is 30.5 Å². The summed E-state index contributed by atoms with van der Waals surface area (Å²) in [6.45, 7) is 2.54. The van der Waals surface area contributed by atoms with Crippen molar-refractivity contribution >= 4 is 0 Å². The molecule has 1 atom stereocenters. The van der Waals surface area contributed by atoms with Crippen LogP contribution in [0.3, 0.4) is 0 Å². The van der Waals surface area contributed by atoms with Crippen LogP contribution in [0.15, 0.2) is 42.7 Å². The highest BCUT2D eigenvalue weighted by molar-refractivity contribution is 5.32. The topological polar surface area (TPSA) is 36.4 Å². The van der Waals surface area contributed by atoms with E-state index in [0.29, 0.717) is 12.1 Å². The maximum Gasteiger partial charge on any atom is 0.123 e. The minimum absolute atomic E-state index is 0.121. The Balaban J connectivity index is 2.12. The first-order chi connectivity index (χ1) is 9.08. The number of hydrogen-bond acceptors (Lipinski definition) is 3. The molecule has 0 saturated carbocycles. The van der Waals surface area contributed by atoms with Gasteiger partial charge in [-0.25, -0.2) is 4.39 Å². The SMILES string of the molecule is C[C@@H](c1ccncc1)N(C)Cc1cc(F)ccc1O. The van der Waals surface area contributed by atoms with E-state index >= 15 is 0 Å². The lowest BCUT2D eigenvalue weighted by atomic mass is 10.1. The van der Waals surface area contributed by atoms with Gasteiger partial charge in [-0.1, -0.05) is 0 Å². The predicted octanol–water partition coefficient (Wildman–Crippen LogP) is 3.12. The number of nitrogens with zero attached hydrogens (tertiary/aromatic N) is 2. The molecule has 19 heavy (non-hydrogen) atoms. The van der Waals surface area contributed by atoms with Crippen LogP contribution in [0.1, 0.15) is 24.1 Å². The second-order valence-corrected chi connectivity index (χ2v) is 4.64. The van der Waals surface area contributed by atoms with Crippen LogP contribution in [-0.4, -0.2) is 22.0 Å². The Morgan fingerprint density at radius 2 is 1.95 bits per heavy atom. The lowest BCUT2D eigenvalue weighted by Gasteiger charge is -2.25. The minimum atomic E-state index is -0.335. The molecule has 0 aliphatic carbocycles. The molecule has 0 amide bonds. The van der Waals surface area contributed by atoms with Crippen molar-refractivity contribution in [3.05, 3.63) is 59.7 Å². The Bertz CT molecular complexity index is 545. The van der Waals surface area contributed by atoms with E-state index < -0.39 is 0 Å². The Labute approximate surface area is 112 Å². The summed E-state index contributed by atoms with van der Waals surface area (Å²) in [6, 6.07) is 8.07. The van der Waals surface area contributed by atoms with E-state index in [9.17, 15) is 9.50 Å². The summed E-state index contributed by atoms with van der Waals surface area (Å²) in [4.78, 5) is 6.03. The Kier molecular flexibility index (Phi) is 4.12. The zero-order chi connectivity index (χ0) is 13.8. The van der Waals surface area contributed by atoms with Gasteiger partial charge >= 0.3 is 0 Å². The summed E-state index contributed by atoms with van der Waals surface area (Å²) in [5.41, 5.74) is 1.72. The third-order valence-electron chi connectivity index (χ3n) is 3.31. The zero-order valence-corrected chi connectivity index (χ0v) is 11.0. The molecule has 1 aromatic heterocycles. The first-order valence-electron chi connectivity index (χ1n) is 6.15. The molecule has 4 heteroatoms. The molecule has 0 aliphatic rings. The summed E-state index contributed by atoms with van der Waals surface area (Å²) < 4.78 is 13.2. The molecule has 0 fully saturated rings. The van der Waals surface area contributed by atoms with Crippen molar-refractivity contribution in [3.63, 3.8) is 0 Å². The van der Waals surface area contributed by atoms with Gasteiger partial charge in [0.25, 0.3) is 0 Å². The van der Waals surface area contributed by atoms with Gasteiger partial charge in [0.05, 0.1) is 0 Å². The minimum Gasteiger partial charge on any atom is -0.508 e. The van der Waals surface area contributed by atoms with Crippen LogP contribution < -0.4 is 0 Å². The Morgan fingerprint density at radius 3 is 2.63 bits per heavy atom. The quantitative estimate of drug-likeness (QED) is 0.917. The van der Waals surface area contributed by atoms with Crippen LogP contribution in [0.5, 0.6) is 5.75 Å². The number of pyridine rings is 1. The van der Waals surface area contributed by atoms with Gasteiger partial charge in [0.15, 0.2) is 0 Å². The molecule has 0 spiro atoms. The van der Waals surface area contributed by atoms with Crippen molar-refractivity contribution in [1.29, 1.82) is 0 Å². The highest BCUT2D eigenvalue weighted by Gasteiger charge is 2.13. The van der Waals surface area contributed by atoms with Gasteiger partial charge in [0.1, 0.15) is 11.6 Å². The predicted molar refractivity (Wildman–Crippen MR) is 72.2 cm³/mol. The molecule has 1 heterocycles. The highest BCUT2D eigenvalue weighted by atomic mass is 19.1. The number of phenols is 1. The molecule has 2 rings (SSSR count). The molecule has 0 bridgehead atoms. The fourth-order valence-corrected chi connectivity index (χ4v) is 1.98. The number of aromatic nitrogens is 1. The van der Waals surface area contributed by atoms with Crippen molar-refractivity contribution in [2.24, 2.45) is 0 Å². The fourth-order valence-electron chi connectivity index (χ4n) is 1.98. The van der Waals surface area contributed by atoms with Gasteiger partial charge < -0.3 is 5.11 Å². The molecular formula is C15H17FN2O. The largest absolute Gasteiger partial charge is 0.508 e. The zero-order valence-electron chi connectivity index (χ0n) is 11.0. The second kappa shape index (κ2) is 5.80. The first-order valence-corrected chi connectivity index (χ1v) is 6.15. The summed E-state index contributed by atoms with van der Waals surface area (Å²) in [6.07, 6.45) is 3.50. The fraction of sp³-hybridized carbons (Fsp3) is 0.267. The molecular weight excluding hydrogens is 243 g/mol. The molecule has 100 valence electrons. The molecule has 2 aromatic rings. The number of hydrogen-bond donors (Lipinski definition) is 1. The molecule has 0 unspecified atom stereocenters. The summed E-state index contributed by atoms with van der Waals surface area (Å²) >= 11 is 0. The van der Waals surface area contributed by atoms with Crippen molar-refractivity contribution < 1.29 is 9.50 Å². The molecule has 3 nitrogen and oxygen atoms in total. The van der Waals surface area contributed by atoms with Gasteiger partial charge in [-0.3, -0.25) is 9.88 Å². The van der Waals surface area contributed by atoms with Gasteiger partial charge in [-0.15, -0.1) is 0 Å². The lowest BCUT2D eigenvalue weighted by Crippen LogP contribution is -2.22. The maximum absolute atomic E-state index is 13.2. The van der Waals surface area contributed by atoms with E-state index in [4.69, 9.17) is 0 Å². The van der Waals surface area contributed by atoms with E-state index in [2.05, 4.69) is 11.9 Å². The molecule has 0 aliphatic heterocycles. The smallest absolute Gasteiger partial charge is 0.123 e. The number of benzene rings is 1. The van der Waals surface area contributed by atoms with Crippen LogP contribution >= 0.6 is 0 Å². The summed E-state index contributed by atoms with van der Waals surface area (Å²) in [7, 11) is 1.94. The van der Waals surface area contributed by atoms with Crippen LogP contribution in [0.2, 0.25) is 0 Å². The first kappa shape index (κ1) is 13.5. The van der Waals surface area contributed by atoms with Crippen LogP contribution in [0.25, 0.3) is 0 Å². The Morgan fingerprint density at radius 1 is 1.26 bits per heavy atom. The van der Waals surface area contributed by atoms with E-state index in [1.54, 1.807) is 12.4 Å². The summed E-state index contributed by atoms with van der Waals surface area (Å²) in [5.74, 6) is -0.215. The van der Waals surface area contributed by atoms with Crippen LogP contribution in [0.4, 0.5) is 4.39 Å². The third kappa shape index (κ3) is 3.29. The Hall–Kier alpha value is -1.94. The second-order valence-electron chi connectivity index (χ2n) is 4.64. The number of rotatable bonds is 4.